The minimum Gasteiger partial charge on any atom is -0.360 e. The molecule has 90 heavy (non-hydrogen) atoms. The quantitative estimate of drug-likeness (QED) is 0.107. The number of anilines is 8. The van der Waals surface area contributed by atoms with Crippen LogP contribution in [0.1, 0.15) is 0 Å². The summed E-state index contributed by atoms with van der Waals surface area (Å²) in [7, 11) is 0. The molecular formula is C81H57B2N7. The fraction of sp³-hybridized carbons (Fsp3) is 0. The summed E-state index contributed by atoms with van der Waals surface area (Å²) in [6, 6.07) is 124. The van der Waals surface area contributed by atoms with Gasteiger partial charge in [0.25, 0.3) is 0 Å². The maximum atomic E-state index is 5.36. The van der Waals surface area contributed by atoms with Gasteiger partial charge in [-0.05, 0) is 140 Å². The highest BCUT2D eigenvalue weighted by Crippen LogP contribution is 2.50. The van der Waals surface area contributed by atoms with E-state index in [1.54, 1.807) is 0 Å². The SMILES string of the molecule is c1ccc(-c2cc(-c3ccccc3)cc(N3B(c4ccc(-c5nc(-c6ccccc6)nc(-c6ccc(B7N(c8ccccc8)c8ccccc8N7c7cc(-c8ccccc8)cc(-c8ccccc8)c7)cc6)n5)cc4)N(c4ccccc4)c4ccccc43)c2)cc1. The number of nitrogens with zero attached hydrogens (tertiary/aromatic N) is 7. The van der Waals surface area contributed by atoms with Crippen molar-refractivity contribution in [3.63, 3.8) is 0 Å². The Hall–Kier alpha value is -11.8. The van der Waals surface area contributed by atoms with E-state index in [1.807, 2.05) is 18.2 Å². The van der Waals surface area contributed by atoms with E-state index in [4.69, 9.17) is 15.0 Å². The summed E-state index contributed by atoms with van der Waals surface area (Å²) in [4.78, 5) is 25.8. The monoisotopic (exact) mass is 1150 g/mol. The molecule has 0 unspecified atom stereocenters. The molecule has 2 aliphatic heterocycles. The molecule has 0 radical (unpaired) electrons. The van der Waals surface area contributed by atoms with Crippen LogP contribution >= 0.6 is 0 Å². The number of fused-ring (bicyclic) bond motifs is 2. The Morgan fingerprint density at radius 2 is 0.400 bits per heavy atom. The predicted octanol–water partition coefficient (Wildman–Crippen LogP) is 18.9. The molecule has 0 saturated carbocycles. The summed E-state index contributed by atoms with van der Waals surface area (Å²) >= 11 is 0. The Labute approximate surface area is 526 Å². The largest absolute Gasteiger partial charge is 0.420 e. The summed E-state index contributed by atoms with van der Waals surface area (Å²) < 4.78 is 0. The molecule has 2 aliphatic rings. The highest BCUT2D eigenvalue weighted by atomic mass is 15.3. The first kappa shape index (κ1) is 53.7. The van der Waals surface area contributed by atoms with Gasteiger partial charge in [-0.15, -0.1) is 0 Å². The molecule has 14 aromatic rings. The molecule has 3 heterocycles. The van der Waals surface area contributed by atoms with Gasteiger partial charge in [0.2, 0.25) is 0 Å². The fourth-order valence-electron chi connectivity index (χ4n) is 13.0. The lowest BCUT2D eigenvalue weighted by molar-refractivity contribution is 1.07. The highest BCUT2D eigenvalue weighted by molar-refractivity contribution is 6.85. The third-order valence-corrected chi connectivity index (χ3v) is 17.3. The Morgan fingerprint density at radius 1 is 0.178 bits per heavy atom. The van der Waals surface area contributed by atoms with Crippen LogP contribution in [0.25, 0.3) is 78.7 Å². The molecule has 0 N–H and O–H groups in total. The summed E-state index contributed by atoms with van der Waals surface area (Å²) in [5, 5.41) is 0. The normalized spacial score (nSPS) is 12.5. The van der Waals surface area contributed by atoms with Gasteiger partial charge in [0, 0.05) is 39.4 Å². The fourth-order valence-corrected chi connectivity index (χ4v) is 13.0. The molecular weight excluding hydrogens is 1090 g/mol. The van der Waals surface area contributed by atoms with Crippen LogP contribution in [0, 0.1) is 0 Å². The van der Waals surface area contributed by atoms with E-state index in [2.05, 4.69) is 347 Å². The molecule has 13 aromatic carbocycles. The van der Waals surface area contributed by atoms with Gasteiger partial charge in [-0.2, -0.15) is 0 Å². The van der Waals surface area contributed by atoms with Gasteiger partial charge in [-0.3, -0.25) is 0 Å². The molecule has 0 atom stereocenters. The van der Waals surface area contributed by atoms with Gasteiger partial charge in [0.15, 0.2) is 17.5 Å². The molecule has 0 aliphatic carbocycles. The molecule has 16 rings (SSSR count). The molecule has 0 bridgehead atoms. The Bertz CT molecular complexity index is 4430. The first-order valence-electron chi connectivity index (χ1n) is 30.6. The zero-order chi connectivity index (χ0) is 59.7. The van der Waals surface area contributed by atoms with Crippen LogP contribution in [0.15, 0.2) is 346 Å². The van der Waals surface area contributed by atoms with Crippen LogP contribution in [0.3, 0.4) is 0 Å². The predicted molar refractivity (Wildman–Crippen MR) is 376 cm³/mol. The molecule has 7 nitrogen and oxygen atoms in total. The Morgan fingerprint density at radius 3 is 0.678 bits per heavy atom. The Balaban J connectivity index is 0.803. The standard InChI is InChI=1S/C81H57B2N7/c1-8-26-58(27-9-1)65-52-66(59-28-10-2-11-29-59)55-73(54-65)89-77-42-24-22-40-75(77)87(71-36-18-6-19-37-71)82(89)69-48-44-63(45-49-69)80-84-79(62-34-16-5-17-35-62)85-81(86-80)64-46-50-70(51-47-64)83-88(72-38-20-7-21-39-72)76-41-23-25-43-78(76)90(83)74-56-67(60-30-12-3-13-31-60)53-68(57-74)61-32-14-4-15-33-61/h1-57H. The molecule has 0 saturated heterocycles. The lowest BCUT2D eigenvalue weighted by Gasteiger charge is -2.31. The van der Waals surface area contributed by atoms with Crippen molar-refractivity contribution in [2.24, 2.45) is 0 Å². The van der Waals surface area contributed by atoms with Crippen molar-refractivity contribution in [2.45, 2.75) is 0 Å². The van der Waals surface area contributed by atoms with Crippen LogP contribution in [0.5, 0.6) is 0 Å². The van der Waals surface area contributed by atoms with Gasteiger partial charge in [0.05, 0.1) is 22.7 Å². The second-order valence-corrected chi connectivity index (χ2v) is 22.8. The van der Waals surface area contributed by atoms with Crippen molar-refractivity contribution < 1.29 is 0 Å². The zero-order valence-corrected chi connectivity index (χ0v) is 49.2. The summed E-state index contributed by atoms with van der Waals surface area (Å²) in [6.45, 7) is -0.526. The van der Waals surface area contributed by atoms with Crippen molar-refractivity contribution in [1.82, 2.24) is 15.0 Å². The lowest BCUT2D eigenvalue weighted by Crippen LogP contribution is -2.53. The Kier molecular flexibility index (Phi) is 14.0. The number of hydrogen-bond acceptors (Lipinski definition) is 7. The van der Waals surface area contributed by atoms with Crippen LogP contribution in [0.4, 0.5) is 45.5 Å². The highest BCUT2D eigenvalue weighted by Gasteiger charge is 2.45. The van der Waals surface area contributed by atoms with Crippen LogP contribution in [-0.4, -0.2) is 28.9 Å². The van der Waals surface area contributed by atoms with Gasteiger partial charge in [0.1, 0.15) is 0 Å². The van der Waals surface area contributed by atoms with Gasteiger partial charge < -0.3 is 19.2 Å². The van der Waals surface area contributed by atoms with E-state index in [9.17, 15) is 0 Å². The van der Waals surface area contributed by atoms with Crippen molar-refractivity contribution in [3.8, 4) is 78.7 Å². The third-order valence-electron chi connectivity index (χ3n) is 17.3. The maximum absolute atomic E-state index is 5.36. The number of aromatic nitrogens is 3. The van der Waals surface area contributed by atoms with Crippen molar-refractivity contribution in [1.29, 1.82) is 0 Å². The molecule has 0 fully saturated rings. The molecule has 9 heteroatoms. The van der Waals surface area contributed by atoms with Crippen LogP contribution in [-0.2, 0) is 0 Å². The van der Waals surface area contributed by atoms with Crippen molar-refractivity contribution in [2.75, 3.05) is 19.2 Å². The van der Waals surface area contributed by atoms with E-state index in [-0.39, 0.29) is 14.0 Å². The van der Waals surface area contributed by atoms with E-state index in [0.29, 0.717) is 17.5 Å². The van der Waals surface area contributed by atoms with Crippen LogP contribution in [0.2, 0.25) is 0 Å². The van der Waals surface area contributed by atoms with Gasteiger partial charge in [-0.1, -0.05) is 261 Å². The maximum Gasteiger partial charge on any atom is 0.420 e. The van der Waals surface area contributed by atoms with Gasteiger partial charge in [-0.25, -0.2) is 15.0 Å². The van der Waals surface area contributed by atoms with Crippen molar-refractivity contribution in [3.05, 3.63) is 346 Å². The second kappa shape index (κ2) is 23.5. The first-order valence-corrected chi connectivity index (χ1v) is 30.6. The minimum absolute atomic E-state index is 0.263. The number of benzene rings is 13. The zero-order valence-electron chi connectivity index (χ0n) is 49.2. The smallest absolute Gasteiger partial charge is 0.360 e. The number of rotatable bonds is 13. The lowest BCUT2D eigenvalue weighted by atomic mass is 9.64. The molecule has 0 amide bonds. The van der Waals surface area contributed by atoms with Gasteiger partial charge >= 0.3 is 14.0 Å². The minimum atomic E-state index is -0.263. The average molecular weight is 1150 g/mol. The van der Waals surface area contributed by atoms with E-state index in [1.165, 1.54) is 0 Å². The summed E-state index contributed by atoms with van der Waals surface area (Å²) in [5.74, 6) is 1.78. The summed E-state index contributed by atoms with van der Waals surface area (Å²) in [6.07, 6.45) is 0. The second-order valence-electron chi connectivity index (χ2n) is 22.8. The molecule has 1 aromatic heterocycles. The summed E-state index contributed by atoms with van der Waals surface area (Å²) in [5.41, 5.74) is 23.0. The topological polar surface area (TPSA) is 51.6 Å². The number of hydrogen-bond donors (Lipinski definition) is 0. The molecule has 422 valence electrons. The molecule has 0 spiro atoms. The van der Waals surface area contributed by atoms with Crippen LogP contribution < -0.4 is 30.2 Å². The first-order chi connectivity index (χ1) is 44.6. The van der Waals surface area contributed by atoms with Crippen molar-refractivity contribution >= 4 is 70.4 Å². The van der Waals surface area contributed by atoms with E-state index >= 15 is 0 Å². The average Bonchev–Trinajstić information content (AvgIpc) is 1.62. The van der Waals surface area contributed by atoms with E-state index < -0.39 is 0 Å². The van der Waals surface area contributed by atoms with E-state index in [0.717, 1.165) is 118 Å². The third kappa shape index (κ3) is 10.1. The number of para-hydroxylation sites is 6.